The number of carbonyl (C=O) groups excluding carboxylic acids is 3. The van der Waals surface area contributed by atoms with Gasteiger partial charge in [-0.05, 0) is 59.0 Å². The third kappa shape index (κ3) is 47.5. The molecule has 0 aromatic carbocycles. The molecule has 336 valence electrons. The minimum Gasteiger partial charge on any atom is -0.481 e. The molecule has 13 nitrogen and oxygen atoms in total. The molecule has 0 aliphatic carbocycles. The van der Waals surface area contributed by atoms with E-state index in [0.717, 1.165) is 109 Å². The van der Waals surface area contributed by atoms with Crippen LogP contribution in [0.4, 0.5) is 0 Å². The second-order valence-corrected chi connectivity index (χ2v) is 15.3. The molecular weight excluding hydrogens is 734 g/mol. The van der Waals surface area contributed by atoms with E-state index in [-0.39, 0.29) is 43.5 Å². The number of hydrogen-bond acceptors (Lipinski definition) is 11. The highest BCUT2D eigenvalue weighted by atomic mass is 16.6. The average Bonchev–Trinajstić information content (AvgIpc) is 3.59. The van der Waals surface area contributed by atoms with Crippen LogP contribution in [0.25, 0.3) is 0 Å². The van der Waals surface area contributed by atoms with Gasteiger partial charge in [0.15, 0.2) is 6.29 Å². The number of esters is 3. The zero-order valence-corrected chi connectivity index (χ0v) is 36.5. The molecule has 0 aromatic heterocycles. The van der Waals surface area contributed by atoms with Gasteiger partial charge in [-0.25, -0.2) is 0 Å². The molecule has 13 heteroatoms. The van der Waals surface area contributed by atoms with Gasteiger partial charge in [-0.1, -0.05) is 117 Å². The van der Waals surface area contributed by atoms with Crippen LogP contribution in [0.15, 0.2) is 0 Å². The fraction of sp³-hybridized carbons (Fsp3) is 0.886. The lowest BCUT2D eigenvalue weighted by Gasteiger charge is -2.12. The average molecular weight is 818 g/mol. The maximum Gasteiger partial charge on any atom is 0.307 e. The van der Waals surface area contributed by atoms with E-state index in [9.17, 15) is 24.0 Å². The van der Waals surface area contributed by atoms with E-state index in [2.05, 4.69) is 13.8 Å². The van der Waals surface area contributed by atoms with E-state index in [1.165, 1.54) is 38.5 Å². The Hall–Kier alpha value is -2.77. The van der Waals surface area contributed by atoms with Crippen molar-refractivity contribution in [2.24, 2.45) is 0 Å². The number of nitrogens with zero attached hydrogens (tertiary/aromatic N) is 1. The van der Waals surface area contributed by atoms with Gasteiger partial charge >= 0.3 is 29.8 Å². The first-order valence-corrected chi connectivity index (χ1v) is 22.3. The van der Waals surface area contributed by atoms with Crippen molar-refractivity contribution in [2.75, 3.05) is 40.5 Å². The van der Waals surface area contributed by atoms with Crippen molar-refractivity contribution in [3.8, 4) is 0 Å². The van der Waals surface area contributed by atoms with Gasteiger partial charge in [-0.3, -0.25) is 24.0 Å². The van der Waals surface area contributed by atoms with Gasteiger partial charge in [0.2, 0.25) is 0 Å². The molecule has 1 aliphatic heterocycles. The summed E-state index contributed by atoms with van der Waals surface area (Å²) in [5.41, 5.74) is 0. The standard InChI is InChI=1S/2C17H32O4.C10H19NO4/c2*1-2-3-4-7-11-14-17(20)21-15-12-9-6-5-8-10-13-16(18)19;1-11(2)6-5-9(12)14-7-8-3-4-10(13)15-8/h2*2-15H2,1H3,(H,18,19);8,10,13H,3-7H2,1-2H3/t;;8-,10+/m..0/s1. The summed E-state index contributed by atoms with van der Waals surface area (Å²) in [6, 6.07) is 0. The Morgan fingerprint density at radius 1 is 0.509 bits per heavy atom. The second kappa shape index (κ2) is 42.8. The van der Waals surface area contributed by atoms with Crippen LogP contribution in [-0.2, 0) is 42.9 Å². The fourth-order valence-corrected chi connectivity index (χ4v) is 5.82. The van der Waals surface area contributed by atoms with Crippen molar-refractivity contribution in [2.45, 2.75) is 212 Å². The molecule has 3 N–H and O–H groups in total. The van der Waals surface area contributed by atoms with Crippen molar-refractivity contribution in [3.63, 3.8) is 0 Å². The summed E-state index contributed by atoms with van der Waals surface area (Å²) >= 11 is 0. The van der Waals surface area contributed by atoms with Gasteiger partial charge in [0.25, 0.3) is 0 Å². The van der Waals surface area contributed by atoms with Crippen molar-refractivity contribution in [3.05, 3.63) is 0 Å². The Balaban J connectivity index is 0. The summed E-state index contributed by atoms with van der Waals surface area (Å²) in [6.45, 7) is 6.36. The number of aliphatic hydroxyl groups is 1. The van der Waals surface area contributed by atoms with E-state index < -0.39 is 18.2 Å². The highest BCUT2D eigenvalue weighted by Crippen LogP contribution is 2.18. The van der Waals surface area contributed by atoms with E-state index in [1.807, 2.05) is 19.0 Å². The number of hydrogen-bond donors (Lipinski definition) is 3. The molecule has 0 aromatic rings. The lowest BCUT2D eigenvalue weighted by atomic mass is 10.1. The van der Waals surface area contributed by atoms with Crippen LogP contribution in [0.1, 0.15) is 200 Å². The van der Waals surface area contributed by atoms with Crippen LogP contribution in [0.3, 0.4) is 0 Å². The molecule has 2 atom stereocenters. The number of aliphatic hydroxyl groups excluding tert-OH is 1. The number of ether oxygens (including phenoxy) is 4. The largest absolute Gasteiger partial charge is 0.481 e. The molecule has 1 heterocycles. The summed E-state index contributed by atoms with van der Waals surface area (Å²) < 4.78 is 20.5. The van der Waals surface area contributed by atoms with Gasteiger partial charge in [-0.15, -0.1) is 0 Å². The first-order chi connectivity index (χ1) is 27.4. The summed E-state index contributed by atoms with van der Waals surface area (Å²) in [6.07, 6.45) is 25.9. The Kier molecular flexibility index (Phi) is 42.3. The zero-order valence-electron chi connectivity index (χ0n) is 36.5. The second-order valence-electron chi connectivity index (χ2n) is 15.3. The molecule has 0 spiro atoms. The number of carbonyl (C=O) groups is 5. The topological polar surface area (TPSA) is 186 Å². The monoisotopic (exact) mass is 818 g/mol. The molecule has 0 saturated carbocycles. The SMILES string of the molecule is CCCCCCCC(=O)OCCCCCCCCC(=O)O.CCCCCCCC(=O)OCCCCCCCCC(=O)O.CN(C)CCC(=O)OC[C@@H]1CC[C@H](O)O1. The quantitative estimate of drug-likeness (QED) is 0.0312. The highest BCUT2D eigenvalue weighted by Gasteiger charge is 2.24. The van der Waals surface area contributed by atoms with Crippen molar-refractivity contribution in [1.82, 2.24) is 4.90 Å². The van der Waals surface area contributed by atoms with Crippen molar-refractivity contribution in [1.29, 1.82) is 0 Å². The van der Waals surface area contributed by atoms with Crippen LogP contribution in [0.2, 0.25) is 0 Å². The maximum absolute atomic E-state index is 11.4. The summed E-state index contributed by atoms with van der Waals surface area (Å²) in [7, 11) is 3.81. The third-order valence-electron chi connectivity index (χ3n) is 9.34. The van der Waals surface area contributed by atoms with Gasteiger partial charge in [0.1, 0.15) is 6.61 Å². The van der Waals surface area contributed by atoms with Gasteiger partial charge in [0.05, 0.1) is 25.7 Å². The Labute approximate surface area is 345 Å². The fourth-order valence-electron chi connectivity index (χ4n) is 5.82. The van der Waals surface area contributed by atoms with Crippen LogP contribution in [0, 0.1) is 0 Å². The lowest BCUT2D eigenvalue weighted by Crippen LogP contribution is -2.22. The first-order valence-electron chi connectivity index (χ1n) is 22.3. The lowest BCUT2D eigenvalue weighted by molar-refractivity contribution is -0.152. The minimum absolute atomic E-state index is 0.0621. The van der Waals surface area contributed by atoms with Crippen molar-refractivity contribution < 1.29 is 58.2 Å². The minimum atomic E-state index is -0.711. The molecule has 0 amide bonds. The van der Waals surface area contributed by atoms with E-state index in [1.54, 1.807) is 0 Å². The summed E-state index contributed by atoms with van der Waals surface area (Å²) in [4.78, 5) is 56.6. The van der Waals surface area contributed by atoms with Gasteiger partial charge < -0.3 is 39.2 Å². The molecule has 1 saturated heterocycles. The molecule has 0 radical (unpaired) electrons. The zero-order chi connectivity index (χ0) is 42.8. The molecule has 1 aliphatic rings. The van der Waals surface area contributed by atoms with Gasteiger partial charge in [-0.2, -0.15) is 0 Å². The van der Waals surface area contributed by atoms with Crippen LogP contribution >= 0.6 is 0 Å². The number of rotatable bonds is 35. The number of unbranched alkanes of at least 4 members (excludes halogenated alkanes) is 18. The van der Waals surface area contributed by atoms with Crippen LogP contribution in [0.5, 0.6) is 0 Å². The predicted molar refractivity (Wildman–Crippen MR) is 223 cm³/mol. The Bertz CT molecular complexity index is 923. The van der Waals surface area contributed by atoms with E-state index >= 15 is 0 Å². The number of carboxylic acids is 2. The third-order valence-corrected chi connectivity index (χ3v) is 9.34. The molecular formula is C44H83NO12. The van der Waals surface area contributed by atoms with E-state index in [4.69, 9.17) is 34.3 Å². The Morgan fingerprint density at radius 3 is 1.25 bits per heavy atom. The molecule has 1 fully saturated rings. The van der Waals surface area contributed by atoms with Crippen LogP contribution < -0.4 is 0 Å². The molecule has 0 unspecified atom stereocenters. The Morgan fingerprint density at radius 2 is 0.877 bits per heavy atom. The van der Waals surface area contributed by atoms with Gasteiger partial charge in [0, 0.05) is 38.6 Å². The first kappa shape index (κ1) is 56.3. The summed E-state index contributed by atoms with van der Waals surface area (Å²) in [5.74, 6) is -1.76. The maximum atomic E-state index is 11.4. The van der Waals surface area contributed by atoms with Crippen LogP contribution in [-0.4, -0.2) is 103 Å². The summed E-state index contributed by atoms with van der Waals surface area (Å²) in [5, 5.41) is 26.1. The smallest absolute Gasteiger partial charge is 0.307 e. The normalized spacial score (nSPS) is 14.6. The van der Waals surface area contributed by atoms with Crippen molar-refractivity contribution >= 4 is 29.8 Å². The molecule has 1 rings (SSSR count). The molecule has 0 bridgehead atoms. The highest BCUT2D eigenvalue weighted by molar-refractivity contribution is 5.70. The number of aliphatic carboxylic acids is 2. The predicted octanol–water partition coefficient (Wildman–Crippen LogP) is 9.39. The number of carboxylic acid groups (broad SMARTS) is 2. The molecule has 57 heavy (non-hydrogen) atoms. The van der Waals surface area contributed by atoms with E-state index in [0.29, 0.717) is 45.4 Å².